The number of ether oxygens (including phenoxy) is 1. The van der Waals surface area contributed by atoms with E-state index in [9.17, 15) is 5.11 Å². The van der Waals surface area contributed by atoms with Crippen LogP contribution in [-0.4, -0.2) is 18.3 Å². The molecule has 1 unspecified atom stereocenters. The number of hydrogen-bond donors (Lipinski definition) is 2. The third kappa shape index (κ3) is 2.49. The molecule has 2 aromatic rings. The van der Waals surface area contributed by atoms with Gasteiger partial charge in [0.2, 0.25) is 0 Å². The molecule has 3 rings (SSSR count). The number of fused-ring (bicyclic) bond motifs is 1. The van der Waals surface area contributed by atoms with Crippen LogP contribution in [0, 0.1) is 5.41 Å². The highest BCUT2D eigenvalue weighted by atomic mass is 16.5. The van der Waals surface area contributed by atoms with Crippen molar-refractivity contribution in [1.82, 2.24) is 0 Å². The molecule has 0 amide bonds. The standard InChI is InChI=1S/C17H19NO2/c18-11-17(9-13-5-7-15(19)8-6-13)10-14-3-1-2-4-16(14)20-12-17/h1-8,19H,9-12,18H2. The zero-order valence-corrected chi connectivity index (χ0v) is 11.4. The van der Waals surface area contributed by atoms with E-state index in [1.54, 1.807) is 12.1 Å². The Labute approximate surface area is 119 Å². The van der Waals surface area contributed by atoms with Crippen LogP contribution < -0.4 is 10.5 Å². The molecule has 1 aliphatic heterocycles. The van der Waals surface area contributed by atoms with E-state index in [0.717, 1.165) is 18.6 Å². The molecule has 0 bridgehead atoms. The van der Waals surface area contributed by atoms with Crippen LogP contribution in [0.4, 0.5) is 0 Å². The molecule has 0 spiro atoms. The Balaban J connectivity index is 1.84. The number of rotatable bonds is 3. The normalized spacial score (nSPS) is 21.1. The summed E-state index contributed by atoms with van der Waals surface area (Å²) in [5.74, 6) is 1.27. The molecule has 0 fully saturated rings. The Kier molecular flexibility index (Phi) is 3.36. The molecule has 104 valence electrons. The quantitative estimate of drug-likeness (QED) is 0.900. The number of aromatic hydroxyl groups is 1. The summed E-state index contributed by atoms with van der Waals surface area (Å²) in [7, 11) is 0. The van der Waals surface area contributed by atoms with Crippen molar-refractivity contribution in [2.24, 2.45) is 11.1 Å². The summed E-state index contributed by atoms with van der Waals surface area (Å²) in [6.45, 7) is 1.23. The van der Waals surface area contributed by atoms with Crippen LogP contribution in [0.1, 0.15) is 11.1 Å². The van der Waals surface area contributed by atoms with Gasteiger partial charge in [0.25, 0.3) is 0 Å². The second-order valence-corrected chi connectivity index (χ2v) is 5.62. The summed E-state index contributed by atoms with van der Waals surface area (Å²) >= 11 is 0. The van der Waals surface area contributed by atoms with Crippen molar-refractivity contribution in [1.29, 1.82) is 0 Å². The van der Waals surface area contributed by atoms with Gasteiger partial charge in [-0.15, -0.1) is 0 Å². The van der Waals surface area contributed by atoms with Crippen molar-refractivity contribution in [3.63, 3.8) is 0 Å². The van der Waals surface area contributed by atoms with Gasteiger partial charge >= 0.3 is 0 Å². The van der Waals surface area contributed by atoms with Crippen LogP contribution in [-0.2, 0) is 12.8 Å². The number of para-hydroxylation sites is 1. The maximum Gasteiger partial charge on any atom is 0.122 e. The molecule has 0 radical (unpaired) electrons. The molecule has 1 heterocycles. The fourth-order valence-electron chi connectivity index (χ4n) is 2.84. The highest BCUT2D eigenvalue weighted by Gasteiger charge is 2.34. The first-order chi connectivity index (χ1) is 9.71. The molecule has 3 N–H and O–H groups in total. The average Bonchev–Trinajstić information content (AvgIpc) is 2.49. The smallest absolute Gasteiger partial charge is 0.122 e. The summed E-state index contributed by atoms with van der Waals surface area (Å²) in [5, 5.41) is 9.36. The van der Waals surface area contributed by atoms with Gasteiger partial charge < -0.3 is 15.6 Å². The van der Waals surface area contributed by atoms with Crippen molar-refractivity contribution < 1.29 is 9.84 Å². The van der Waals surface area contributed by atoms with Gasteiger partial charge in [-0.05, 0) is 42.2 Å². The number of nitrogens with two attached hydrogens (primary N) is 1. The summed E-state index contributed by atoms with van der Waals surface area (Å²) in [6.07, 6.45) is 1.79. The Morgan fingerprint density at radius 1 is 1.10 bits per heavy atom. The number of phenolic OH excluding ortho intramolecular Hbond substituents is 1. The largest absolute Gasteiger partial charge is 0.508 e. The van der Waals surface area contributed by atoms with E-state index < -0.39 is 0 Å². The minimum absolute atomic E-state index is 0.0642. The molecule has 1 aliphatic rings. The molecule has 3 heteroatoms. The number of hydrogen-bond acceptors (Lipinski definition) is 3. The lowest BCUT2D eigenvalue weighted by Gasteiger charge is -2.37. The lowest BCUT2D eigenvalue weighted by molar-refractivity contribution is 0.126. The Hall–Kier alpha value is -2.00. The molecule has 20 heavy (non-hydrogen) atoms. The molecule has 0 saturated carbocycles. The number of phenols is 1. The van der Waals surface area contributed by atoms with Crippen molar-refractivity contribution in [3.05, 3.63) is 59.7 Å². The fraction of sp³-hybridized carbons (Fsp3) is 0.294. The van der Waals surface area contributed by atoms with Gasteiger partial charge in [0.1, 0.15) is 11.5 Å². The SMILES string of the molecule is NCC1(Cc2ccc(O)cc2)COc2ccccc2C1. The van der Waals surface area contributed by atoms with E-state index >= 15 is 0 Å². The zero-order valence-electron chi connectivity index (χ0n) is 11.4. The van der Waals surface area contributed by atoms with Crippen LogP contribution in [0.15, 0.2) is 48.5 Å². The first-order valence-electron chi connectivity index (χ1n) is 6.89. The van der Waals surface area contributed by atoms with E-state index in [1.807, 2.05) is 30.3 Å². The first-order valence-corrected chi connectivity index (χ1v) is 6.89. The second kappa shape index (κ2) is 5.17. The minimum atomic E-state index is -0.0642. The predicted octanol–water partition coefficient (Wildman–Crippen LogP) is 2.51. The third-order valence-corrected chi connectivity index (χ3v) is 4.02. The zero-order chi connectivity index (χ0) is 14.0. The minimum Gasteiger partial charge on any atom is -0.508 e. The summed E-state index contributed by atoms with van der Waals surface area (Å²) in [5.41, 5.74) is 8.38. The highest BCUT2D eigenvalue weighted by molar-refractivity contribution is 5.37. The monoisotopic (exact) mass is 269 g/mol. The van der Waals surface area contributed by atoms with Gasteiger partial charge in [0.05, 0.1) is 6.61 Å². The van der Waals surface area contributed by atoms with E-state index in [4.69, 9.17) is 10.5 Å². The molecule has 2 aromatic carbocycles. The number of benzene rings is 2. The molecule has 0 aliphatic carbocycles. The van der Waals surface area contributed by atoms with Gasteiger partial charge in [-0.2, -0.15) is 0 Å². The van der Waals surface area contributed by atoms with Crippen LogP contribution in [0.2, 0.25) is 0 Å². The van der Waals surface area contributed by atoms with Gasteiger partial charge in [0, 0.05) is 12.0 Å². The molecular formula is C17H19NO2. The van der Waals surface area contributed by atoms with Crippen LogP contribution in [0.25, 0.3) is 0 Å². The third-order valence-electron chi connectivity index (χ3n) is 4.02. The molecule has 0 saturated heterocycles. The summed E-state index contributed by atoms with van der Waals surface area (Å²) in [4.78, 5) is 0. The van der Waals surface area contributed by atoms with Crippen molar-refractivity contribution in [2.45, 2.75) is 12.8 Å². The topological polar surface area (TPSA) is 55.5 Å². The van der Waals surface area contributed by atoms with E-state index in [-0.39, 0.29) is 5.41 Å². The fourth-order valence-corrected chi connectivity index (χ4v) is 2.84. The first kappa shape index (κ1) is 13.0. The lowest BCUT2D eigenvalue weighted by Crippen LogP contribution is -2.43. The van der Waals surface area contributed by atoms with Crippen LogP contribution >= 0.6 is 0 Å². The predicted molar refractivity (Wildman–Crippen MR) is 78.9 cm³/mol. The van der Waals surface area contributed by atoms with Gasteiger partial charge in [-0.3, -0.25) is 0 Å². The molecule has 1 atom stereocenters. The van der Waals surface area contributed by atoms with Gasteiger partial charge in [0.15, 0.2) is 0 Å². The Morgan fingerprint density at radius 2 is 1.85 bits per heavy atom. The lowest BCUT2D eigenvalue weighted by atomic mass is 9.76. The van der Waals surface area contributed by atoms with Crippen molar-refractivity contribution >= 4 is 0 Å². The van der Waals surface area contributed by atoms with Gasteiger partial charge in [-0.1, -0.05) is 30.3 Å². The maximum absolute atomic E-state index is 9.36. The van der Waals surface area contributed by atoms with Crippen molar-refractivity contribution in [2.75, 3.05) is 13.2 Å². The average molecular weight is 269 g/mol. The Morgan fingerprint density at radius 3 is 2.60 bits per heavy atom. The Bertz CT molecular complexity index is 594. The van der Waals surface area contributed by atoms with Crippen LogP contribution in [0.3, 0.4) is 0 Å². The van der Waals surface area contributed by atoms with Gasteiger partial charge in [-0.25, -0.2) is 0 Å². The second-order valence-electron chi connectivity index (χ2n) is 5.62. The van der Waals surface area contributed by atoms with E-state index in [2.05, 4.69) is 6.07 Å². The van der Waals surface area contributed by atoms with Crippen LogP contribution in [0.5, 0.6) is 11.5 Å². The highest BCUT2D eigenvalue weighted by Crippen LogP contribution is 2.36. The summed E-state index contributed by atoms with van der Waals surface area (Å²) < 4.78 is 5.90. The maximum atomic E-state index is 9.36. The molecule has 0 aromatic heterocycles. The molecular weight excluding hydrogens is 250 g/mol. The van der Waals surface area contributed by atoms with E-state index in [1.165, 1.54) is 11.1 Å². The summed E-state index contributed by atoms with van der Waals surface area (Å²) in [6, 6.07) is 15.5. The molecule has 3 nitrogen and oxygen atoms in total. The van der Waals surface area contributed by atoms with Crippen molar-refractivity contribution in [3.8, 4) is 11.5 Å². The van der Waals surface area contributed by atoms with E-state index in [0.29, 0.717) is 18.9 Å².